The Morgan fingerprint density at radius 1 is 0.294 bits per heavy atom. The molecule has 0 bridgehead atoms. The van der Waals surface area contributed by atoms with E-state index in [-0.39, 0.29) is 5.92 Å². The Balaban J connectivity index is 0.000000228. The highest BCUT2D eigenvalue weighted by Crippen LogP contribution is 2.33. The van der Waals surface area contributed by atoms with E-state index < -0.39 is 72.2 Å². The summed E-state index contributed by atoms with van der Waals surface area (Å²) in [4.78, 5) is 0. The molecule has 5 heterocycles. The summed E-state index contributed by atoms with van der Waals surface area (Å²) in [6, 6.07) is 51.8. The Kier molecular flexibility index (Phi) is 21.6. The van der Waals surface area contributed by atoms with E-state index in [1.54, 1.807) is 18.3 Å². The average molecular weight is 1390 g/mol. The van der Waals surface area contributed by atoms with Crippen molar-refractivity contribution in [2.75, 3.05) is 0 Å². The van der Waals surface area contributed by atoms with Gasteiger partial charge in [-0.1, -0.05) is 208 Å². The van der Waals surface area contributed by atoms with Gasteiger partial charge in [0.2, 0.25) is 28.5 Å². The largest absolute Gasteiger partial charge is 0.212 e. The molecule has 0 N–H and O–H groups in total. The molecule has 0 unspecified atom stereocenters. The van der Waals surface area contributed by atoms with E-state index >= 15 is 0 Å². The number of rotatable bonds is 12. The van der Waals surface area contributed by atoms with Crippen LogP contribution in [0, 0.1) is 88.3 Å². The predicted molar refractivity (Wildman–Crippen MR) is 438 cm³/mol. The van der Waals surface area contributed by atoms with Crippen molar-refractivity contribution in [1.29, 1.82) is 0 Å². The molecule has 10 rings (SSSR count). The first-order chi connectivity index (χ1) is 53.2. The third-order valence-electron chi connectivity index (χ3n) is 16.7. The Hall–Kier alpha value is -8.15. The van der Waals surface area contributed by atoms with E-state index in [1.165, 1.54) is 33.4 Å². The first-order valence-corrected chi connectivity index (χ1v) is 36.1. The summed E-state index contributed by atoms with van der Waals surface area (Å²) in [5.74, 6) is -0.0492. The maximum absolute atomic E-state index is 8.92. The first kappa shape index (κ1) is 62.4. The van der Waals surface area contributed by atoms with Crippen LogP contribution in [0.4, 0.5) is 0 Å². The van der Waals surface area contributed by atoms with Gasteiger partial charge in [0.25, 0.3) is 0 Å². The molecule has 102 heavy (non-hydrogen) atoms. The number of hydrogen-bond acceptors (Lipinski definition) is 0. The van der Waals surface area contributed by atoms with Gasteiger partial charge >= 0.3 is 0 Å². The van der Waals surface area contributed by atoms with E-state index in [1.807, 2.05) is 331 Å². The zero-order chi connectivity index (χ0) is 89.2. The first-order valence-electron chi connectivity index (χ1n) is 43.6. The summed E-state index contributed by atoms with van der Waals surface area (Å²) in [7, 11) is 9.74. The lowest BCUT2D eigenvalue weighted by atomic mass is 9.81. The third kappa shape index (κ3) is 25.7. The fourth-order valence-electron chi connectivity index (χ4n) is 12.1. The van der Waals surface area contributed by atoms with Crippen LogP contribution < -0.4 is 22.8 Å². The standard InChI is InChI=1S/C23H34N.C20H28N.C19H26N.C18H24N.C17H22N/c1-17-11-9-10-12-20(17)21-13-18(14-22(2,3)4)19(16-24(21)8)15-23(5,6)7;1-14-8-9-18(16(3)10-14)19-11-15(2)17(13-21(19)7)12-20(4,5)6;1-14-9-7-8-10-17(14)18-11-15(2)16(13-20(18)6)12-19(3,4)5;1-14-8-6-7-9-16(14)17-11-10-15(13-19(17)5)12-18(2,3)4;1-13(2)11-15-9-10-17(18(4)12-15)16-8-6-5-7-14(16)3/h9-13,16H,14-15H2,1-8H3;8-11,13H,12H2,1-7H3;7-11,13H,12H2,1-6H3;6-11,13H,12H2,1-5H3;5-10,12-13H,11H2,1-4H3/q5*+1/i14D2,15D2;1D3,12D2;2*12D2;11D2. The fourth-order valence-corrected chi connectivity index (χ4v) is 12.1. The number of aryl methyl sites for hydroxylation is 13. The highest BCUT2D eigenvalue weighted by atomic mass is 14.9. The second-order valence-electron chi connectivity index (χ2n) is 33.1. The zero-order valence-electron chi connectivity index (χ0n) is 82.7. The molecule has 5 aromatic carbocycles. The smallest absolute Gasteiger partial charge is 0.201 e. The minimum absolute atomic E-state index is 0.0492. The van der Waals surface area contributed by atoms with Crippen molar-refractivity contribution in [3.8, 4) is 56.3 Å². The van der Waals surface area contributed by atoms with Gasteiger partial charge in [-0.3, -0.25) is 0 Å². The molecular formula is C97H134N5+5. The molecule has 0 saturated heterocycles. The van der Waals surface area contributed by atoms with Gasteiger partial charge < -0.3 is 0 Å². The highest BCUT2D eigenvalue weighted by molar-refractivity contribution is 5.65. The number of nitrogens with zero attached hydrogens (tertiary/aromatic N) is 5. The van der Waals surface area contributed by atoms with E-state index in [4.69, 9.17) is 20.6 Å². The molecule has 0 amide bonds. The minimum Gasteiger partial charge on any atom is -0.201 e. The quantitative estimate of drug-likeness (QED) is 0.109. The van der Waals surface area contributed by atoms with Crippen LogP contribution in [-0.2, 0) is 73.5 Å². The lowest BCUT2D eigenvalue weighted by Crippen LogP contribution is -2.33. The molecule has 10 aromatic rings. The van der Waals surface area contributed by atoms with Gasteiger partial charge in [0.15, 0.2) is 31.0 Å². The number of aromatic nitrogens is 5. The van der Waals surface area contributed by atoms with Gasteiger partial charge in [0.05, 0.1) is 0 Å². The van der Waals surface area contributed by atoms with Crippen LogP contribution in [0.5, 0.6) is 0 Å². The molecule has 0 aliphatic rings. The van der Waals surface area contributed by atoms with Crippen molar-refractivity contribution in [2.45, 2.75) is 211 Å². The van der Waals surface area contributed by atoms with E-state index in [2.05, 4.69) is 63.2 Å². The zero-order valence-corrected chi connectivity index (χ0v) is 67.7. The molecule has 5 nitrogen and oxygen atoms in total. The Morgan fingerprint density at radius 2 is 0.598 bits per heavy atom. The number of benzene rings is 5. The van der Waals surface area contributed by atoms with Crippen LogP contribution in [0.15, 0.2) is 189 Å². The summed E-state index contributed by atoms with van der Waals surface area (Å²) in [6.07, 6.45) is 0.495. The van der Waals surface area contributed by atoms with Gasteiger partial charge in [-0.2, -0.15) is 0 Å². The summed E-state index contributed by atoms with van der Waals surface area (Å²) < 4.78 is 135. The lowest BCUT2D eigenvalue weighted by Gasteiger charge is -2.24. The van der Waals surface area contributed by atoms with E-state index in [0.29, 0.717) is 22.3 Å². The summed E-state index contributed by atoms with van der Waals surface area (Å²) in [6.45, 7) is 44.4. The maximum atomic E-state index is 8.92. The summed E-state index contributed by atoms with van der Waals surface area (Å²) >= 11 is 0. The fraction of sp³-hybridized carbons (Fsp3) is 0.433. The normalized spacial score (nSPS) is 14.9. The second kappa shape index (κ2) is 35.4. The average Bonchev–Trinajstić information content (AvgIpc) is 0.735. The van der Waals surface area contributed by atoms with Crippen molar-refractivity contribution in [1.82, 2.24) is 0 Å². The van der Waals surface area contributed by atoms with Crippen molar-refractivity contribution in [3.05, 3.63) is 267 Å². The molecule has 0 radical (unpaired) electrons. The monoisotopic (exact) mass is 1380 g/mol. The number of hydrogen-bond donors (Lipinski definition) is 0. The lowest BCUT2D eigenvalue weighted by molar-refractivity contribution is -0.661. The summed E-state index contributed by atoms with van der Waals surface area (Å²) in [5, 5.41) is 0. The molecule has 5 aromatic heterocycles. The van der Waals surface area contributed by atoms with Gasteiger partial charge in [-0.05, 0) is 214 Å². The van der Waals surface area contributed by atoms with Crippen molar-refractivity contribution < 1.29 is 43.4 Å². The molecular weight excluding hydrogens is 1240 g/mol. The van der Waals surface area contributed by atoms with Gasteiger partial charge in [0, 0.05) is 107 Å². The van der Waals surface area contributed by atoms with Gasteiger partial charge in [-0.25, -0.2) is 22.8 Å². The third-order valence-corrected chi connectivity index (χ3v) is 16.7. The highest BCUT2D eigenvalue weighted by Gasteiger charge is 2.26. The Bertz CT molecular complexity index is 5150. The molecule has 0 fully saturated rings. The second-order valence-corrected chi connectivity index (χ2v) is 33.1. The maximum Gasteiger partial charge on any atom is 0.212 e. The molecule has 542 valence electrons. The van der Waals surface area contributed by atoms with E-state index in [0.717, 1.165) is 78.5 Å². The number of pyridine rings is 5. The molecule has 0 saturated carbocycles. The SMILES string of the molecule is [2H]C([2H])([2H])c1ccc(-c2cc(C)c(C([2H])([2H])C(C)(C)C)c[n+]2C)c(C)c1.[2H]C([2H])(c1c[n+](C)c(-c2ccccc2C)cc1C)C(C)(C)C.[2H]C([2H])(c1cc(-c2ccccc2C)[n+](C)cc1C([2H])([2H])C(C)(C)C)C(C)(C)C.[2H]C([2H])(c1ccc(-c2ccccc2C)[n+](C)c1)C(C)(C)C.[2H]C([2H])(c1ccc(-c2ccccc2C)[n+](C)c1)C(C)C. The van der Waals surface area contributed by atoms with Gasteiger partial charge in [-0.15, -0.1) is 0 Å². The van der Waals surface area contributed by atoms with Crippen molar-refractivity contribution in [3.63, 3.8) is 0 Å². The van der Waals surface area contributed by atoms with Crippen molar-refractivity contribution >= 4 is 0 Å². The molecule has 0 spiro atoms. The van der Waals surface area contributed by atoms with Crippen LogP contribution in [0.25, 0.3) is 56.3 Å². The Labute approximate surface area is 643 Å². The summed E-state index contributed by atoms with van der Waals surface area (Å²) in [5.41, 5.74) is 19.5. The van der Waals surface area contributed by atoms with Crippen LogP contribution >= 0.6 is 0 Å². The van der Waals surface area contributed by atoms with Crippen LogP contribution in [0.3, 0.4) is 0 Å². The van der Waals surface area contributed by atoms with Crippen molar-refractivity contribution in [2.24, 2.45) is 68.2 Å². The van der Waals surface area contributed by atoms with E-state index in [9.17, 15) is 0 Å². The minimum atomic E-state index is -2.12. The van der Waals surface area contributed by atoms with Crippen LogP contribution in [0.2, 0.25) is 0 Å². The predicted octanol–water partition coefficient (Wildman–Crippen LogP) is 22.5. The topological polar surface area (TPSA) is 19.4 Å². The molecule has 0 aliphatic heterocycles. The molecule has 0 atom stereocenters. The van der Waals surface area contributed by atoms with Crippen LogP contribution in [-0.4, -0.2) is 0 Å². The van der Waals surface area contributed by atoms with Gasteiger partial charge in [0.1, 0.15) is 35.2 Å². The molecule has 5 heteroatoms. The van der Waals surface area contributed by atoms with Crippen LogP contribution in [0.1, 0.15) is 216 Å². The Morgan fingerprint density at radius 3 is 0.941 bits per heavy atom. The molecule has 0 aliphatic carbocycles.